The minimum Gasteiger partial charge on any atom is -0.430 e. The van der Waals surface area contributed by atoms with Crippen molar-refractivity contribution in [3.63, 3.8) is 0 Å². The van der Waals surface area contributed by atoms with Gasteiger partial charge >= 0.3 is 5.97 Å². The molecule has 0 aromatic rings. The van der Waals surface area contributed by atoms with Gasteiger partial charge in [-0.05, 0) is 42.4 Å². The van der Waals surface area contributed by atoms with E-state index in [1.165, 1.54) is 19.3 Å². The third-order valence-corrected chi connectivity index (χ3v) is 5.00. The Balaban J connectivity index is 2.63. The van der Waals surface area contributed by atoms with E-state index in [-0.39, 0.29) is 5.97 Å². The summed E-state index contributed by atoms with van der Waals surface area (Å²) in [4.78, 5) is 11.9. The van der Waals surface area contributed by atoms with Gasteiger partial charge < -0.3 is 4.74 Å². The number of carbonyl (C=O) groups is 1. The summed E-state index contributed by atoms with van der Waals surface area (Å²) in [5.41, 5.74) is -0.484. The van der Waals surface area contributed by atoms with Gasteiger partial charge in [0, 0.05) is 10.0 Å². The molecule has 1 atom stereocenters. The second kappa shape index (κ2) is 6.57. The van der Waals surface area contributed by atoms with E-state index in [2.05, 4.69) is 36.1 Å². The molecule has 3 heteroatoms. The predicted molar refractivity (Wildman–Crippen MR) is 78.8 cm³/mol. The molecule has 0 radical (unpaired) electrons. The number of hydrogen-bond acceptors (Lipinski definition) is 2. The van der Waals surface area contributed by atoms with Crippen molar-refractivity contribution in [2.24, 2.45) is 5.41 Å². The molecule has 1 rings (SSSR count). The van der Waals surface area contributed by atoms with Crippen molar-refractivity contribution in [1.29, 1.82) is 0 Å². The number of esters is 1. The summed E-state index contributed by atoms with van der Waals surface area (Å²) in [6.45, 7) is 7.85. The first-order valence-electron chi connectivity index (χ1n) is 6.28. The fourth-order valence-corrected chi connectivity index (χ4v) is 2.82. The molecular formula is C14H21IO2. The molecule has 1 aliphatic heterocycles. The molecule has 0 aromatic heterocycles. The van der Waals surface area contributed by atoms with Crippen molar-refractivity contribution in [1.82, 2.24) is 0 Å². The number of rotatable bonds is 7. The van der Waals surface area contributed by atoms with Crippen LogP contribution in [0.4, 0.5) is 0 Å². The van der Waals surface area contributed by atoms with Gasteiger partial charge in [0.2, 0.25) is 0 Å². The molecule has 0 bridgehead atoms. The van der Waals surface area contributed by atoms with Crippen LogP contribution in [0.15, 0.2) is 22.0 Å². The van der Waals surface area contributed by atoms with E-state index in [0.717, 1.165) is 22.2 Å². The zero-order valence-electron chi connectivity index (χ0n) is 10.7. The average Bonchev–Trinajstić information content (AvgIpc) is 2.50. The van der Waals surface area contributed by atoms with E-state index in [9.17, 15) is 4.79 Å². The van der Waals surface area contributed by atoms with Crippen molar-refractivity contribution >= 4 is 28.6 Å². The van der Waals surface area contributed by atoms with Gasteiger partial charge in [-0.15, -0.1) is 6.58 Å². The van der Waals surface area contributed by atoms with E-state index >= 15 is 0 Å². The van der Waals surface area contributed by atoms with Crippen LogP contribution in [0, 0.1) is 5.41 Å². The van der Waals surface area contributed by atoms with Crippen molar-refractivity contribution in [3.05, 3.63) is 22.0 Å². The van der Waals surface area contributed by atoms with E-state index in [4.69, 9.17) is 4.74 Å². The maximum absolute atomic E-state index is 11.9. The van der Waals surface area contributed by atoms with Crippen molar-refractivity contribution in [2.75, 3.05) is 0 Å². The van der Waals surface area contributed by atoms with Crippen LogP contribution in [0.5, 0.6) is 0 Å². The molecule has 0 saturated heterocycles. The maximum Gasteiger partial charge on any atom is 0.322 e. The number of hydrogen-bond donors (Lipinski definition) is 0. The Hall–Kier alpha value is -0.320. The van der Waals surface area contributed by atoms with Crippen LogP contribution in [0.25, 0.3) is 0 Å². The Kier molecular flexibility index (Phi) is 5.70. The Morgan fingerprint density at radius 1 is 1.41 bits per heavy atom. The maximum atomic E-state index is 11.9. The molecule has 1 heterocycles. The number of carbonyl (C=O) groups excluding carboxylic acids is 1. The lowest BCUT2D eigenvalue weighted by molar-refractivity contribution is -0.144. The SMILES string of the molecule is C=CCC1(C)C(=O)OC(CCCCCC)=C1I. The third kappa shape index (κ3) is 3.33. The van der Waals surface area contributed by atoms with Gasteiger partial charge in [0.25, 0.3) is 0 Å². The van der Waals surface area contributed by atoms with E-state index in [1.54, 1.807) is 6.08 Å². The third-order valence-electron chi connectivity index (χ3n) is 3.21. The van der Waals surface area contributed by atoms with Gasteiger partial charge in [0.1, 0.15) is 11.2 Å². The Labute approximate surface area is 118 Å². The van der Waals surface area contributed by atoms with Crippen molar-refractivity contribution in [2.45, 2.75) is 52.4 Å². The molecule has 0 aromatic carbocycles. The van der Waals surface area contributed by atoms with Gasteiger partial charge in [0.15, 0.2) is 0 Å². The largest absolute Gasteiger partial charge is 0.430 e. The summed E-state index contributed by atoms with van der Waals surface area (Å²) in [5.74, 6) is 0.767. The standard InChI is InChI=1S/C14H21IO2/c1-4-6-7-8-9-11-12(15)14(3,10-5-2)13(16)17-11/h5H,2,4,6-10H2,1,3H3. The molecule has 0 amide bonds. The number of unbranched alkanes of at least 4 members (excludes halogenated alkanes) is 3. The normalized spacial score (nSPS) is 24.1. The van der Waals surface area contributed by atoms with Crippen LogP contribution in [-0.2, 0) is 9.53 Å². The first-order valence-corrected chi connectivity index (χ1v) is 7.36. The quantitative estimate of drug-likeness (QED) is 0.287. The van der Waals surface area contributed by atoms with Crippen LogP contribution in [0.1, 0.15) is 52.4 Å². The Morgan fingerprint density at radius 3 is 2.71 bits per heavy atom. The highest BCUT2D eigenvalue weighted by atomic mass is 127. The van der Waals surface area contributed by atoms with Crippen LogP contribution < -0.4 is 0 Å². The number of allylic oxidation sites excluding steroid dienone is 2. The average molecular weight is 348 g/mol. The monoisotopic (exact) mass is 348 g/mol. The number of cyclic esters (lactones) is 1. The Bertz CT molecular complexity index is 333. The fraction of sp³-hybridized carbons (Fsp3) is 0.643. The first kappa shape index (κ1) is 14.7. The number of halogens is 1. The van der Waals surface area contributed by atoms with Gasteiger partial charge in [0.05, 0.1) is 0 Å². The molecule has 0 spiro atoms. The number of ether oxygens (including phenoxy) is 1. The first-order chi connectivity index (χ1) is 8.06. The van der Waals surface area contributed by atoms with Gasteiger partial charge in [-0.2, -0.15) is 0 Å². The molecule has 0 N–H and O–H groups in total. The van der Waals surface area contributed by atoms with Gasteiger partial charge in [-0.3, -0.25) is 4.79 Å². The van der Waals surface area contributed by atoms with Crippen LogP contribution in [0.2, 0.25) is 0 Å². The van der Waals surface area contributed by atoms with E-state index < -0.39 is 5.41 Å². The summed E-state index contributed by atoms with van der Waals surface area (Å²) in [5, 5.41) is 0. The molecule has 2 nitrogen and oxygen atoms in total. The molecule has 96 valence electrons. The highest BCUT2D eigenvalue weighted by Gasteiger charge is 2.44. The highest BCUT2D eigenvalue weighted by Crippen LogP contribution is 2.46. The topological polar surface area (TPSA) is 26.3 Å². The summed E-state index contributed by atoms with van der Waals surface area (Å²) in [6.07, 6.45) is 8.12. The van der Waals surface area contributed by atoms with Crippen LogP contribution >= 0.6 is 22.6 Å². The summed E-state index contributed by atoms with van der Waals surface area (Å²) >= 11 is 2.26. The predicted octanol–water partition coefficient (Wildman–Crippen LogP) is 4.74. The van der Waals surface area contributed by atoms with E-state index in [1.807, 2.05) is 6.92 Å². The molecule has 1 aliphatic rings. The lowest BCUT2D eigenvalue weighted by Gasteiger charge is -2.17. The molecular weight excluding hydrogens is 327 g/mol. The smallest absolute Gasteiger partial charge is 0.322 e. The van der Waals surface area contributed by atoms with E-state index in [0.29, 0.717) is 6.42 Å². The minimum atomic E-state index is -0.484. The Morgan fingerprint density at radius 2 is 2.12 bits per heavy atom. The molecule has 0 fully saturated rings. The molecule has 17 heavy (non-hydrogen) atoms. The zero-order valence-corrected chi connectivity index (χ0v) is 12.9. The van der Waals surface area contributed by atoms with Crippen molar-refractivity contribution in [3.8, 4) is 0 Å². The zero-order chi connectivity index (χ0) is 12.9. The summed E-state index contributed by atoms with van der Waals surface area (Å²) < 4.78 is 6.47. The van der Waals surface area contributed by atoms with Crippen LogP contribution in [-0.4, -0.2) is 5.97 Å². The van der Waals surface area contributed by atoms with Crippen molar-refractivity contribution < 1.29 is 9.53 Å². The van der Waals surface area contributed by atoms with Crippen LogP contribution in [0.3, 0.4) is 0 Å². The minimum absolute atomic E-state index is 0.118. The lowest BCUT2D eigenvalue weighted by atomic mass is 9.87. The second-order valence-corrected chi connectivity index (χ2v) is 5.84. The summed E-state index contributed by atoms with van der Waals surface area (Å²) in [6, 6.07) is 0. The fourth-order valence-electron chi connectivity index (χ4n) is 2.00. The second-order valence-electron chi connectivity index (χ2n) is 4.76. The highest BCUT2D eigenvalue weighted by molar-refractivity contribution is 14.1. The molecule has 0 aliphatic carbocycles. The van der Waals surface area contributed by atoms with Gasteiger partial charge in [-0.25, -0.2) is 0 Å². The summed E-state index contributed by atoms with van der Waals surface area (Å²) in [7, 11) is 0. The lowest BCUT2D eigenvalue weighted by Crippen LogP contribution is -2.23. The molecule has 0 saturated carbocycles. The van der Waals surface area contributed by atoms with Gasteiger partial charge in [-0.1, -0.05) is 32.3 Å². The molecule has 1 unspecified atom stereocenters.